The highest BCUT2D eigenvalue weighted by atomic mass is 35.5. The molecule has 1 aromatic carbocycles. The summed E-state index contributed by atoms with van der Waals surface area (Å²) in [6.45, 7) is 2.73. The fourth-order valence-corrected chi connectivity index (χ4v) is 3.52. The number of nitrogens with one attached hydrogen (secondary N) is 1. The molecule has 1 heterocycles. The summed E-state index contributed by atoms with van der Waals surface area (Å²) >= 11 is 7.48. The Morgan fingerprint density at radius 2 is 2.29 bits per heavy atom. The van der Waals surface area contributed by atoms with Crippen molar-refractivity contribution in [3.63, 3.8) is 0 Å². The van der Waals surface area contributed by atoms with E-state index in [0.29, 0.717) is 22.1 Å². The molecule has 1 atom stereocenters. The van der Waals surface area contributed by atoms with Crippen molar-refractivity contribution >= 4 is 44.6 Å². The van der Waals surface area contributed by atoms with E-state index in [-0.39, 0.29) is 18.4 Å². The molecule has 1 aromatic heterocycles. The quantitative estimate of drug-likeness (QED) is 0.713. The Hall–Kier alpha value is -1.30. The fraction of sp³-hybridized carbons (Fsp3) is 0.400. The molecule has 2 rings (SSSR count). The van der Waals surface area contributed by atoms with Gasteiger partial charge in [-0.05, 0) is 30.9 Å². The summed E-state index contributed by atoms with van der Waals surface area (Å²) in [7, 11) is 0. The molecule has 0 fully saturated rings. The largest absolute Gasteiger partial charge is 0.397 e. The molecule has 21 heavy (non-hydrogen) atoms. The van der Waals surface area contributed by atoms with Crippen LogP contribution in [0.15, 0.2) is 18.2 Å². The number of thiophene rings is 1. The average molecular weight is 327 g/mol. The topological polar surface area (TPSA) is 75.3 Å². The molecule has 114 valence electrons. The van der Waals surface area contributed by atoms with Gasteiger partial charge in [0.1, 0.15) is 4.88 Å². The molecule has 1 amide bonds. The van der Waals surface area contributed by atoms with Crippen LogP contribution in [0.3, 0.4) is 0 Å². The van der Waals surface area contributed by atoms with Gasteiger partial charge in [0, 0.05) is 23.2 Å². The van der Waals surface area contributed by atoms with Crippen molar-refractivity contribution in [1.29, 1.82) is 0 Å². The van der Waals surface area contributed by atoms with Crippen LogP contribution in [-0.2, 0) is 0 Å². The minimum Gasteiger partial charge on any atom is -0.397 e. The average Bonchev–Trinajstić information content (AvgIpc) is 2.81. The smallest absolute Gasteiger partial charge is 0.263 e. The third-order valence-electron chi connectivity index (χ3n) is 3.38. The Morgan fingerprint density at radius 1 is 1.52 bits per heavy atom. The molecule has 0 bridgehead atoms. The first-order valence-corrected chi connectivity index (χ1v) is 8.09. The van der Waals surface area contributed by atoms with Crippen LogP contribution in [0.5, 0.6) is 0 Å². The summed E-state index contributed by atoms with van der Waals surface area (Å²) in [6.07, 6.45) is 1.71. The van der Waals surface area contributed by atoms with Crippen LogP contribution in [0.2, 0.25) is 5.02 Å². The van der Waals surface area contributed by atoms with Crippen LogP contribution in [0.25, 0.3) is 10.1 Å². The molecule has 0 saturated carbocycles. The molecule has 6 heteroatoms. The number of aliphatic hydroxyl groups excluding tert-OH is 1. The first-order chi connectivity index (χ1) is 10.0. The van der Waals surface area contributed by atoms with Crippen LogP contribution in [0.4, 0.5) is 5.69 Å². The predicted octanol–water partition coefficient (Wildman–Crippen LogP) is 3.28. The molecule has 0 radical (unpaired) electrons. The van der Waals surface area contributed by atoms with Crippen molar-refractivity contribution in [1.82, 2.24) is 5.32 Å². The Morgan fingerprint density at radius 3 is 2.95 bits per heavy atom. The zero-order chi connectivity index (χ0) is 15.4. The Labute approximate surface area is 132 Å². The van der Waals surface area contributed by atoms with Crippen molar-refractivity contribution in [2.24, 2.45) is 5.92 Å². The number of amides is 1. The maximum atomic E-state index is 12.2. The highest BCUT2D eigenvalue weighted by Crippen LogP contribution is 2.37. The minimum absolute atomic E-state index is 0.165. The van der Waals surface area contributed by atoms with Gasteiger partial charge in [-0.2, -0.15) is 0 Å². The normalized spacial score (nSPS) is 12.5. The maximum Gasteiger partial charge on any atom is 0.263 e. The number of rotatable bonds is 6. The monoisotopic (exact) mass is 326 g/mol. The Balaban J connectivity index is 2.03. The van der Waals surface area contributed by atoms with E-state index in [1.54, 1.807) is 6.07 Å². The van der Waals surface area contributed by atoms with Crippen molar-refractivity contribution in [2.45, 2.75) is 19.8 Å². The van der Waals surface area contributed by atoms with Gasteiger partial charge in [-0.1, -0.05) is 24.6 Å². The summed E-state index contributed by atoms with van der Waals surface area (Å²) in [4.78, 5) is 12.7. The lowest BCUT2D eigenvalue weighted by molar-refractivity contribution is 0.0957. The van der Waals surface area contributed by atoms with E-state index in [1.807, 2.05) is 19.1 Å². The molecule has 1 unspecified atom stereocenters. The van der Waals surface area contributed by atoms with Gasteiger partial charge >= 0.3 is 0 Å². The lowest BCUT2D eigenvalue weighted by Gasteiger charge is -2.08. The lowest BCUT2D eigenvalue weighted by atomic mass is 10.1. The van der Waals surface area contributed by atoms with E-state index in [1.165, 1.54) is 11.3 Å². The van der Waals surface area contributed by atoms with Crippen LogP contribution in [-0.4, -0.2) is 24.2 Å². The van der Waals surface area contributed by atoms with E-state index in [0.717, 1.165) is 22.9 Å². The SMILES string of the molecule is CC(CO)CCCNC(=O)c1sc2cccc(Cl)c2c1N. The first-order valence-electron chi connectivity index (χ1n) is 6.90. The van der Waals surface area contributed by atoms with Crippen molar-refractivity contribution in [3.8, 4) is 0 Å². The molecule has 4 N–H and O–H groups in total. The number of nitrogens with two attached hydrogens (primary N) is 1. The Kier molecular flexibility index (Phi) is 5.45. The first kappa shape index (κ1) is 16.1. The second-order valence-electron chi connectivity index (χ2n) is 5.14. The summed E-state index contributed by atoms with van der Waals surface area (Å²) < 4.78 is 0.916. The molecule has 4 nitrogen and oxygen atoms in total. The number of halogens is 1. The molecular weight excluding hydrogens is 308 g/mol. The number of carbonyl (C=O) groups is 1. The van der Waals surface area contributed by atoms with Crippen molar-refractivity contribution in [3.05, 3.63) is 28.1 Å². The van der Waals surface area contributed by atoms with Crippen LogP contribution in [0, 0.1) is 5.92 Å². The fourth-order valence-electron chi connectivity index (χ4n) is 2.12. The zero-order valence-corrected chi connectivity index (χ0v) is 13.4. The molecule has 0 aliphatic heterocycles. The molecule has 2 aromatic rings. The van der Waals surface area contributed by atoms with Gasteiger partial charge in [-0.15, -0.1) is 11.3 Å². The minimum atomic E-state index is -0.165. The molecule has 0 spiro atoms. The number of carbonyl (C=O) groups excluding carboxylic acids is 1. The highest BCUT2D eigenvalue weighted by molar-refractivity contribution is 7.21. The number of anilines is 1. The third-order valence-corrected chi connectivity index (χ3v) is 4.86. The molecular formula is C15H19ClN2O2S. The number of benzene rings is 1. The highest BCUT2D eigenvalue weighted by Gasteiger charge is 2.17. The molecule has 0 aliphatic carbocycles. The maximum absolute atomic E-state index is 12.2. The van der Waals surface area contributed by atoms with Crippen LogP contribution in [0.1, 0.15) is 29.4 Å². The van der Waals surface area contributed by atoms with Crippen molar-refractivity contribution < 1.29 is 9.90 Å². The third kappa shape index (κ3) is 3.67. The molecule has 0 saturated heterocycles. The summed E-state index contributed by atoms with van der Waals surface area (Å²) in [6, 6.07) is 5.52. The predicted molar refractivity (Wildman–Crippen MR) is 89.1 cm³/mol. The van der Waals surface area contributed by atoms with Gasteiger partial charge in [0.2, 0.25) is 0 Å². The number of hydrogen-bond acceptors (Lipinski definition) is 4. The van der Waals surface area contributed by atoms with Gasteiger partial charge in [0.05, 0.1) is 10.7 Å². The van der Waals surface area contributed by atoms with Gasteiger partial charge < -0.3 is 16.2 Å². The second-order valence-corrected chi connectivity index (χ2v) is 6.60. The van der Waals surface area contributed by atoms with E-state index in [9.17, 15) is 4.79 Å². The van der Waals surface area contributed by atoms with Gasteiger partial charge in [0.25, 0.3) is 5.91 Å². The van der Waals surface area contributed by atoms with Crippen molar-refractivity contribution in [2.75, 3.05) is 18.9 Å². The van der Waals surface area contributed by atoms with Crippen LogP contribution < -0.4 is 11.1 Å². The summed E-state index contributed by atoms with van der Waals surface area (Å²) in [5, 5.41) is 13.1. The van der Waals surface area contributed by atoms with Gasteiger partial charge in [0.15, 0.2) is 0 Å². The lowest BCUT2D eigenvalue weighted by Crippen LogP contribution is -2.24. The van der Waals surface area contributed by atoms with Crippen LogP contribution >= 0.6 is 22.9 Å². The standard InChI is InChI=1S/C15H19ClN2O2S/c1-9(8-19)4-3-7-18-15(20)14-13(17)12-10(16)5-2-6-11(12)21-14/h2,5-6,9,19H,3-4,7-8,17H2,1H3,(H,18,20). The van der Waals surface area contributed by atoms with E-state index in [2.05, 4.69) is 5.32 Å². The zero-order valence-electron chi connectivity index (χ0n) is 11.9. The second kappa shape index (κ2) is 7.11. The number of hydrogen-bond donors (Lipinski definition) is 3. The number of nitrogen functional groups attached to an aromatic ring is 1. The van der Waals surface area contributed by atoms with Gasteiger partial charge in [-0.3, -0.25) is 4.79 Å². The van der Waals surface area contributed by atoms with Gasteiger partial charge in [-0.25, -0.2) is 0 Å². The Bertz CT molecular complexity index is 642. The van der Waals surface area contributed by atoms with E-state index >= 15 is 0 Å². The van der Waals surface area contributed by atoms with E-state index in [4.69, 9.17) is 22.4 Å². The molecule has 0 aliphatic rings. The number of aliphatic hydroxyl groups is 1. The van der Waals surface area contributed by atoms with E-state index < -0.39 is 0 Å². The number of fused-ring (bicyclic) bond motifs is 1. The summed E-state index contributed by atoms with van der Waals surface area (Å²) in [5.74, 6) is 0.0940. The summed E-state index contributed by atoms with van der Waals surface area (Å²) in [5.41, 5.74) is 6.49.